The third-order valence-electron chi connectivity index (χ3n) is 1.27. The first-order chi connectivity index (χ1) is 6.35. The third-order valence-corrected chi connectivity index (χ3v) is 1.27. The molecule has 2 N–H and O–H groups in total. The Bertz CT molecular complexity index is 206. The van der Waals surface area contributed by atoms with E-state index in [1.165, 1.54) is 0 Å². The van der Waals surface area contributed by atoms with Gasteiger partial charge in [0.2, 0.25) is 0 Å². The van der Waals surface area contributed by atoms with Crippen molar-refractivity contribution in [2.24, 2.45) is 0 Å². The predicted molar refractivity (Wildman–Crippen MR) is 55.1 cm³/mol. The SMILES string of the molecule is C/C=C/[C@@H](O)CNC(=O)OC(C)(C)C. The summed E-state index contributed by atoms with van der Waals surface area (Å²) in [4.78, 5) is 11.1. The van der Waals surface area contributed by atoms with E-state index >= 15 is 0 Å². The van der Waals surface area contributed by atoms with Crippen molar-refractivity contribution >= 4 is 6.09 Å². The summed E-state index contributed by atoms with van der Waals surface area (Å²) < 4.78 is 4.98. The number of carbonyl (C=O) groups excluding carboxylic acids is 1. The van der Waals surface area contributed by atoms with Crippen LogP contribution in [0.5, 0.6) is 0 Å². The molecule has 0 unspecified atom stereocenters. The Morgan fingerprint density at radius 2 is 2.14 bits per heavy atom. The maximum absolute atomic E-state index is 11.1. The lowest BCUT2D eigenvalue weighted by Crippen LogP contribution is -2.36. The van der Waals surface area contributed by atoms with Gasteiger partial charge in [-0.2, -0.15) is 0 Å². The molecule has 0 aliphatic rings. The minimum Gasteiger partial charge on any atom is -0.444 e. The Labute approximate surface area is 85.0 Å². The number of rotatable bonds is 3. The quantitative estimate of drug-likeness (QED) is 0.679. The van der Waals surface area contributed by atoms with Gasteiger partial charge in [0, 0.05) is 0 Å². The highest BCUT2D eigenvalue weighted by Crippen LogP contribution is 2.06. The summed E-state index contributed by atoms with van der Waals surface area (Å²) in [7, 11) is 0. The van der Waals surface area contributed by atoms with E-state index in [1.807, 2.05) is 0 Å². The molecule has 4 nitrogen and oxygen atoms in total. The van der Waals surface area contributed by atoms with Crippen molar-refractivity contribution in [3.05, 3.63) is 12.2 Å². The molecule has 0 saturated heterocycles. The van der Waals surface area contributed by atoms with Crippen LogP contribution in [-0.4, -0.2) is 29.4 Å². The number of hydrogen-bond donors (Lipinski definition) is 2. The van der Waals surface area contributed by atoms with E-state index in [4.69, 9.17) is 4.74 Å². The smallest absolute Gasteiger partial charge is 0.407 e. The van der Waals surface area contributed by atoms with Crippen molar-refractivity contribution in [2.75, 3.05) is 6.54 Å². The van der Waals surface area contributed by atoms with Gasteiger partial charge >= 0.3 is 6.09 Å². The lowest BCUT2D eigenvalue weighted by Gasteiger charge is -2.20. The van der Waals surface area contributed by atoms with Gasteiger partial charge in [0.25, 0.3) is 0 Å². The Morgan fingerprint density at radius 3 is 2.57 bits per heavy atom. The molecule has 0 fully saturated rings. The first-order valence-corrected chi connectivity index (χ1v) is 4.63. The van der Waals surface area contributed by atoms with Crippen molar-refractivity contribution in [1.29, 1.82) is 0 Å². The Kier molecular flexibility index (Phi) is 5.23. The zero-order valence-corrected chi connectivity index (χ0v) is 9.20. The van der Waals surface area contributed by atoms with E-state index in [9.17, 15) is 9.90 Å². The van der Waals surface area contributed by atoms with Crippen LogP contribution in [0.4, 0.5) is 4.79 Å². The molecule has 0 aliphatic carbocycles. The number of carbonyl (C=O) groups is 1. The highest BCUT2D eigenvalue weighted by Gasteiger charge is 2.15. The number of hydrogen-bond acceptors (Lipinski definition) is 3. The second-order valence-electron chi connectivity index (χ2n) is 3.98. The first-order valence-electron chi connectivity index (χ1n) is 4.63. The maximum atomic E-state index is 11.1. The number of alkyl carbamates (subject to hydrolysis) is 1. The molecule has 0 aromatic rings. The lowest BCUT2D eigenvalue weighted by molar-refractivity contribution is 0.0505. The van der Waals surface area contributed by atoms with Gasteiger partial charge in [-0.25, -0.2) is 4.79 Å². The molecule has 82 valence electrons. The van der Waals surface area contributed by atoms with Crippen molar-refractivity contribution in [3.8, 4) is 0 Å². The van der Waals surface area contributed by atoms with Gasteiger partial charge in [-0.3, -0.25) is 0 Å². The topological polar surface area (TPSA) is 58.6 Å². The van der Waals surface area contributed by atoms with Gasteiger partial charge in [-0.1, -0.05) is 12.2 Å². The highest BCUT2D eigenvalue weighted by atomic mass is 16.6. The highest BCUT2D eigenvalue weighted by molar-refractivity contribution is 5.67. The molecular formula is C10H19NO3. The molecule has 0 spiro atoms. The van der Waals surface area contributed by atoms with Crippen molar-refractivity contribution in [3.63, 3.8) is 0 Å². The van der Waals surface area contributed by atoms with Crippen LogP contribution in [0.3, 0.4) is 0 Å². The van der Waals surface area contributed by atoms with Gasteiger partial charge in [0.05, 0.1) is 12.6 Å². The van der Waals surface area contributed by atoms with Crippen molar-refractivity contribution < 1.29 is 14.6 Å². The van der Waals surface area contributed by atoms with E-state index in [0.717, 1.165) is 0 Å². The Hall–Kier alpha value is -1.03. The second-order valence-corrected chi connectivity index (χ2v) is 3.98. The summed E-state index contributed by atoms with van der Waals surface area (Å²) in [6.07, 6.45) is 2.15. The van der Waals surface area contributed by atoms with Gasteiger partial charge < -0.3 is 15.2 Å². The van der Waals surface area contributed by atoms with Crippen molar-refractivity contribution in [2.45, 2.75) is 39.4 Å². The molecule has 0 bridgehead atoms. The van der Waals surface area contributed by atoms with Crippen LogP contribution in [0.1, 0.15) is 27.7 Å². The zero-order valence-electron chi connectivity index (χ0n) is 9.20. The number of aliphatic hydroxyl groups is 1. The van der Waals surface area contributed by atoms with Gasteiger partial charge in [0.1, 0.15) is 5.60 Å². The monoisotopic (exact) mass is 201 g/mol. The molecule has 14 heavy (non-hydrogen) atoms. The summed E-state index contributed by atoms with van der Waals surface area (Å²) in [6.45, 7) is 7.33. The average molecular weight is 201 g/mol. The Balaban J connectivity index is 3.75. The van der Waals surface area contributed by atoms with Crippen LogP contribution < -0.4 is 5.32 Å². The Morgan fingerprint density at radius 1 is 1.57 bits per heavy atom. The summed E-state index contributed by atoms with van der Waals surface area (Å²) in [5, 5.41) is 11.7. The van der Waals surface area contributed by atoms with Crippen LogP contribution in [0.2, 0.25) is 0 Å². The third kappa shape index (κ3) is 7.61. The van der Waals surface area contributed by atoms with Crippen LogP contribution in [0, 0.1) is 0 Å². The van der Waals surface area contributed by atoms with E-state index in [0.29, 0.717) is 0 Å². The fourth-order valence-electron chi connectivity index (χ4n) is 0.792. The number of ether oxygens (including phenoxy) is 1. The van der Waals surface area contributed by atoms with Gasteiger partial charge in [-0.05, 0) is 27.7 Å². The summed E-state index contributed by atoms with van der Waals surface area (Å²) in [5.74, 6) is 0. The predicted octanol–water partition coefficient (Wildman–Crippen LogP) is 1.45. The minimum atomic E-state index is -0.660. The van der Waals surface area contributed by atoms with E-state index in [1.54, 1.807) is 39.8 Å². The molecule has 0 aromatic carbocycles. The number of allylic oxidation sites excluding steroid dienone is 1. The molecule has 0 heterocycles. The summed E-state index contributed by atoms with van der Waals surface area (Å²) in [5.41, 5.74) is -0.504. The summed E-state index contributed by atoms with van der Waals surface area (Å²) >= 11 is 0. The zero-order chi connectivity index (χ0) is 11.2. The number of nitrogens with one attached hydrogen (secondary N) is 1. The molecule has 0 radical (unpaired) electrons. The van der Waals surface area contributed by atoms with E-state index in [2.05, 4.69) is 5.32 Å². The minimum absolute atomic E-state index is 0.166. The van der Waals surface area contributed by atoms with Crippen LogP contribution in [-0.2, 0) is 4.74 Å². The molecule has 1 atom stereocenters. The molecule has 0 aromatic heterocycles. The first kappa shape index (κ1) is 13.0. The van der Waals surface area contributed by atoms with Crippen LogP contribution in [0.25, 0.3) is 0 Å². The molecule has 0 rings (SSSR count). The molecule has 1 amide bonds. The van der Waals surface area contributed by atoms with Gasteiger partial charge in [0.15, 0.2) is 0 Å². The molecular weight excluding hydrogens is 182 g/mol. The average Bonchev–Trinajstić information content (AvgIpc) is 1.98. The molecule has 0 saturated carbocycles. The largest absolute Gasteiger partial charge is 0.444 e. The van der Waals surface area contributed by atoms with Crippen LogP contribution in [0.15, 0.2) is 12.2 Å². The molecule has 0 aliphatic heterocycles. The van der Waals surface area contributed by atoms with E-state index in [-0.39, 0.29) is 6.54 Å². The number of aliphatic hydroxyl groups excluding tert-OH is 1. The second kappa shape index (κ2) is 5.65. The molecule has 4 heteroatoms. The van der Waals surface area contributed by atoms with Gasteiger partial charge in [-0.15, -0.1) is 0 Å². The maximum Gasteiger partial charge on any atom is 0.407 e. The fraction of sp³-hybridized carbons (Fsp3) is 0.700. The summed E-state index contributed by atoms with van der Waals surface area (Å²) in [6, 6.07) is 0. The standard InChI is InChI=1S/C10H19NO3/c1-5-6-8(12)7-11-9(13)14-10(2,3)4/h5-6,8,12H,7H2,1-4H3,(H,11,13)/b6-5+/t8-/m1/s1. The van der Waals surface area contributed by atoms with Crippen LogP contribution >= 0.6 is 0 Å². The van der Waals surface area contributed by atoms with Crippen molar-refractivity contribution in [1.82, 2.24) is 5.32 Å². The lowest BCUT2D eigenvalue weighted by atomic mass is 10.2. The normalized spacial score (nSPS) is 14.1. The fourth-order valence-corrected chi connectivity index (χ4v) is 0.792. The number of amides is 1. The van der Waals surface area contributed by atoms with E-state index < -0.39 is 17.8 Å².